The number of sulfone groups is 1. The van der Waals surface area contributed by atoms with Crippen LogP contribution in [0.1, 0.15) is 17.2 Å². The molecule has 0 saturated carbocycles. The Bertz CT molecular complexity index is 1570. The molecule has 1 atom stereocenters. The fourth-order valence-electron chi connectivity index (χ4n) is 3.78. The Kier molecular flexibility index (Phi) is 7.35. The molecule has 1 amide bonds. The summed E-state index contributed by atoms with van der Waals surface area (Å²) in [6, 6.07) is 25.6. The monoisotopic (exact) mass is 517 g/mol. The van der Waals surface area contributed by atoms with Crippen LogP contribution in [0.15, 0.2) is 102 Å². The number of rotatable bonds is 8. The molecule has 0 saturated heterocycles. The lowest BCUT2D eigenvalue weighted by molar-refractivity contribution is -0.123. The van der Waals surface area contributed by atoms with Crippen molar-refractivity contribution in [3.8, 4) is 16.9 Å². The van der Waals surface area contributed by atoms with Crippen molar-refractivity contribution in [3.63, 3.8) is 0 Å². The van der Waals surface area contributed by atoms with Gasteiger partial charge in [0, 0.05) is 22.9 Å². The predicted molar refractivity (Wildman–Crippen MR) is 141 cm³/mol. The normalized spacial score (nSPS) is 11.9. The van der Waals surface area contributed by atoms with Crippen LogP contribution in [-0.2, 0) is 14.6 Å². The molecular formula is C28H24FN3O4S. The van der Waals surface area contributed by atoms with Gasteiger partial charge in [-0.15, -0.1) is 0 Å². The molecule has 0 aliphatic carbocycles. The van der Waals surface area contributed by atoms with Gasteiger partial charge in [-0.25, -0.2) is 12.8 Å². The quantitative estimate of drug-likeness (QED) is 0.226. The van der Waals surface area contributed by atoms with E-state index < -0.39 is 27.7 Å². The van der Waals surface area contributed by atoms with E-state index in [2.05, 4.69) is 5.32 Å². The minimum atomic E-state index is -3.53. The number of nitrogen functional groups attached to an aromatic ring is 1. The second kappa shape index (κ2) is 10.6. The van der Waals surface area contributed by atoms with Crippen LogP contribution in [0.3, 0.4) is 0 Å². The molecule has 0 bridgehead atoms. The number of halogens is 1. The van der Waals surface area contributed by atoms with Crippen LogP contribution in [0, 0.1) is 11.2 Å². The molecule has 0 aliphatic rings. The van der Waals surface area contributed by atoms with Crippen molar-refractivity contribution in [1.82, 2.24) is 0 Å². The van der Waals surface area contributed by atoms with E-state index in [-0.39, 0.29) is 16.4 Å². The molecule has 4 aromatic carbocycles. The Labute approximate surface area is 214 Å². The number of carbonyl (C=O) groups is 1. The van der Waals surface area contributed by atoms with Crippen molar-refractivity contribution in [2.75, 3.05) is 11.6 Å². The van der Waals surface area contributed by atoms with E-state index in [1.54, 1.807) is 72.8 Å². The lowest BCUT2D eigenvalue weighted by Gasteiger charge is -2.20. The summed E-state index contributed by atoms with van der Waals surface area (Å²) in [6.45, 7) is 0. The predicted octanol–water partition coefficient (Wildman–Crippen LogP) is 4.94. The third-order valence-corrected chi connectivity index (χ3v) is 6.72. The Morgan fingerprint density at radius 3 is 2.32 bits per heavy atom. The number of nitrogens with one attached hydrogen (secondary N) is 2. The van der Waals surface area contributed by atoms with Gasteiger partial charge in [-0.1, -0.05) is 66.7 Å². The van der Waals surface area contributed by atoms with Gasteiger partial charge in [0.2, 0.25) is 6.10 Å². The number of benzene rings is 4. The van der Waals surface area contributed by atoms with E-state index in [4.69, 9.17) is 15.9 Å². The molecule has 4 N–H and O–H groups in total. The number of anilines is 1. The molecule has 188 valence electrons. The van der Waals surface area contributed by atoms with Crippen LogP contribution in [-0.4, -0.2) is 26.4 Å². The van der Waals surface area contributed by atoms with E-state index in [1.165, 1.54) is 24.3 Å². The van der Waals surface area contributed by atoms with Crippen LogP contribution in [0.4, 0.5) is 10.1 Å². The third-order valence-electron chi connectivity index (χ3n) is 5.56. The van der Waals surface area contributed by atoms with Gasteiger partial charge < -0.3 is 15.8 Å². The Morgan fingerprint density at radius 1 is 0.946 bits per heavy atom. The second-order valence-electron chi connectivity index (χ2n) is 8.30. The number of amides is 1. The second-order valence-corrected chi connectivity index (χ2v) is 10.3. The van der Waals surface area contributed by atoms with E-state index >= 15 is 4.39 Å². The highest BCUT2D eigenvalue weighted by Gasteiger charge is 2.24. The summed E-state index contributed by atoms with van der Waals surface area (Å²) in [5.74, 6) is -1.20. The van der Waals surface area contributed by atoms with Crippen molar-refractivity contribution in [3.05, 3.63) is 114 Å². The maximum Gasteiger partial charge on any atom is 0.270 e. The van der Waals surface area contributed by atoms with Gasteiger partial charge in [0.05, 0.1) is 10.6 Å². The maximum absolute atomic E-state index is 15.1. The number of carbonyl (C=O) groups excluding carboxylic acids is 1. The van der Waals surface area contributed by atoms with Crippen LogP contribution < -0.4 is 15.8 Å². The van der Waals surface area contributed by atoms with Gasteiger partial charge >= 0.3 is 0 Å². The summed E-state index contributed by atoms with van der Waals surface area (Å²) in [6.07, 6.45) is -0.0412. The Hall–Kier alpha value is -4.50. The van der Waals surface area contributed by atoms with Crippen LogP contribution in [0.2, 0.25) is 0 Å². The number of amidine groups is 1. The first kappa shape index (κ1) is 25.6. The van der Waals surface area contributed by atoms with Crippen LogP contribution in [0.5, 0.6) is 5.75 Å². The SMILES string of the molecule is CS(=O)(=O)c1ccccc1-c1ccc(NC(=O)C(Oc2cccc(C(=N)N)c2)c2ccccc2)c(F)c1. The summed E-state index contributed by atoms with van der Waals surface area (Å²) in [4.78, 5) is 13.4. The average Bonchev–Trinajstić information content (AvgIpc) is 2.88. The van der Waals surface area contributed by atoms with Crippen molar-refractivity contribution < 1.29 is 22.3 Å². The molecule has 9 heteroatoms. The summed E-state index contributed by atoms with van der Waals surface area (Å²) in [5, 5.41) is 10.2. The van der Waals surface area contributed by atoms with Gasteiger partial charge in [-0.05, 0) is 35.9 Å². The molecule has 0 heterocycles. The summed E-state index contributed by atoms with van der Waals surface area (Å²) < 4.78 is 45.4. The molecule has 0 radical (unpaired) electrons. The Balaban J connectivity index is 1.63. The molecule has 0 fully saturated rings. The molecule has 1 unspecified atom stereocenters. The highest BCUT2D eigenvalue weighted by atomic mass is 32.2. The molecule has 0 aromatic heterocycles. The van der Waals surface area contributed by atoms with Crippen molar-refractivity contribution in [2.45, 2.75) is 11.0 Å². The molecule has 4 rings (SSSR count). The summed E-state index contributed by atoms with van der Waals surface area (Å²) in [7, 11) is -3.53. The highest BCUT2D eigenvalue weighted by Crippen LogP contribution is 2.31. The van der Waals surface area contributed by atoms with Gasteiger partial charge in [0.1, 0.15) is 17.4 Å². The first-order chi connectivity index (χ1) is 17.6. The zero-order valence-electron chi connectivity index (χ0n) is 19.8. The minimum Gasteiger partial charge on any atom is -0.476 e. The van der Waals surface area contributed by atoms with Gasteiger partial charge in [-0.2, -0.15) is 0 Å². The molecule has 7 nitrogen and oxygen atoms in total. The minimum absolute atomic E-state index is 0.0801. The van der Waals surface area contributed by atoms with Crippen molar-refractivity contribution in [2.24, 2.45) is 5.73 Å². The first-order valence-electron chi connectivity index (χ1n) is 11.2. The Morgan fingerprint density at radius 2 is 1.65 bits per heavy atom. The van der Waals surface area contributed by atoms with Gasteiger partial charge in [-0.3, -0.25) is 10.2 Å². The van der Waals surface area contributed by atoms with Gasteiger partial charge in [0.15, 0.2) is 9.84 Å². The van der Waals surface area contributed by atoms with Crippen molar-refractivity contribution in [1.29, 1.82) is 5.41 Å². The molecule has 0 spiro atoms. The maximum atomic E-state index is 15.1. The number of nitrogens with two attached hydrogens (primary N) is 1. The lowest BCUT2D eigenvalue weighted by Crippen LogP contribution is -2.26. The van der Waals surface area contributed by atoms with Gasteiger partial charge in [0.25, 0.3) is 5.91 Å². The summed E-state index contributed by atoms with van der Waals surface area (Å²) >= 11 is 0. The fourth-order valence-corrected chi connectivity index (χ4v) is 4.70. The standard InChI is InChI=1S/C28H24FN3O4S/c1-37(34,35)25-13-6-5-12-22(25)19-14-15-24(23(29)17-19)32-28(33)26(18-8-3-2-4-9-18)36-21-11-7-10-20(16-21)27(30)31/h2-17,26H,1H3,(H3,30,31)(H,32,33). The molecule has 4 aromatic rings. The van der Waals surface area contributed by atoms with Crippen LogP contribution >= 0.6 is 0 Å². The first-order valence-corrected chi connectivity index (χ1v) is 13.1. The average molecular weight is 518 g/mol. The topological polar surface area (TPSA) is 122 Å². The van der Waals surface area contributed by atoms with E-state index in [0.29, 0.717) is 28.0 Å². The van der Waals surface area contributed by atoms with Crippen LogP contribution in [0.25, 0.3) is 11.1 Å². The number of ether oxygens (including phenoxy) is 1. The fraction of sp³-hybridized carbons (Fsp3) is 0.0714. The summed E-state index contributed by atoms with van der Waals surface area (Å²) in [5.41, 5.74) is 7.15. The largest absolute Gasteiger partial charge is 0.476 e. The zero-order valence-corrected chi connectivity index (χ0v) is 20.6. The highest BCUT2D eigenvalue weighted by molar-refractivity contribution is 7.90. The zero-order chi connectivity index (χ0) is 26.6. The lowest BCUT2D eigenvalue weighted by atomic mass is 10.0. The number of hydrogen-bond donors (Lipinski definition) is 3. The molecule has 37 heavy (non-hydrogen) atoms. The molecular weight excluding hydrogens is 493 g/mol. The van der Waals surface area contributed by atoms with E-state index in [1.807, 2.05) is 0 Å². The van der Waals surface area contributed by atoms with E-state index in [0.717, 1.165) is 6.26 Å². The van der Waals surface area contributed by atoms with E-state index in [9.17, 15) is 13.2 Å². The third kappa shape index (κ3) is 6.02. The molecule has 0 aliphatic heterocycles. The smallest absolute Gasteiger partial charge is 0.270 e. The van der Waals surface area contributed by atoms with Crippen molar-refractivity contribution >= 4 is 27.3 Å². The number of hydrogen-bond acceptors (Lipinski definition) is 5.